The molecule has 4 heterocycles. The first kappa shape index (κ1) is 20.4. The van der Waals surface area contributed by atoms with Crippen molar-refractivity contribution in [1.29, 1.82) is 0 Å². The molecule has 1 aromatic carbocycles. The maximum absolute atomic E-state index is 14.6. The number of carbonyl (C=O) groups is 1. The number of β-amino-alcohol motifs (C(OH)–C–C–N with tert-alkyl or cyclic N) is 1. The Labute approximate surface area is 192 Å². The Kier molecular flexibility index (Phi) is 5.42. The fraction of sp³-hybridized carbons (Fsp3) is 0.381. The van der Waals surface area contributed by atoms with Gasteiger partial charge in [-0.25, -0.2) is 18.7 Å². The van der Waals surface area contributed by atoms with Crippen LogP contribution in [0.2, 0.25) is 0 Å². The number of amides is 2. The minimum atomic E-state index is -0.479. The van der Waals surface area contributed by atoms with Crippen LogP contribution in [0.5, 0.6) is 0 Å². The standard InChI is InChI=1S/C21H22FIN6O2/c22-16-4-3-13(23)10-15(16)18-2-1-7-28(18)19-6-9-29-20(26-19)17(11-24-29)25-21(31)27-8-5-14(30)12-27/h3-4,6,9-11,14,18,30H,1-2,5,7-8,12H2,(H,25,31)/t14-,18?/m0/s1. The van der Waals surface area contributed by atoms with E-state index in [1.165, 1.54) is 6.07 Å². The molecule has 2 aromatic heterocycles. The van der Waals surface area contributed by atoms with Crippen LogP contribution in [0.25, 0.3) is 5.65 Å². The van der Waals surface area contributed by atoms with Gasteiger partial charge < -0.3 is 20.2 Å². The highest BCUT2D eigenvalue weighted by Gasteiger charge is 2.30. The Morgan fingerprint density at radius 2 is 2.13 bits per heavy atom. The van der Waals surface area contributed by atoms with E-state index in [-0.39, 0.29) is 17.9 Å². The van der Waals surface area contributed by atoms with E-state index in [0.29, 0.717) is 36.4 Å². The molecule has 0 bridgehead atoms. The molecule has 1 unspecified atom stereocenters. The lowest BCUT2D eigenvalue weighted by molar-refractivity contribution is 0.176. The van der Waals surface area contributed by atoms with Crippen LogP contribution in [-0.4, -0.2) is 56.4 Å². The number of urea groups is 1. The van der Waals surface area contributed by atoms with Gasteiger partial charge in [0.05, 0.1) is 18.3 Å². The first-order chi connectivity index (χ1) is 15.0. The van der Waals surface area contributed by atoms with Crippen molar-refractivity contribution < 1.29 is 14.3 Å². The SMILES string of the molecule is O=C(Nc1cnn2ccc(N3CCCC3c3cc(I)ccc3F)nc12)N1CC[C@H](O)C1. The number of anilines is 2. The number of likely N-dealkylation sites (tertiary alicyclic amines) is 1. The monoisotopic (exact) mass is 536 g/mol. The van der Waals surface area contributed by atoms with E-state index >= 15 is 0 Å². The van der Waals surface area contributed by atoms with Crippen molar-refractivity contribution >= 4 is 45.8 Å². The van der Waals surface area contributed by atoms with E-state index < -0.39 is 6.10 Å². The average Bonchev–Trinajstić information content (AvgIpc) is 3.49. The van der Waals surface area contributed by atoms with Crippen LogP contribution in [0.3, 0.4) is 0 Å². The topological polar surface area (TPSA) is 86.0 Å². The number of carbonyl (C=O) groups excluding carboxylic acids is 1. The molecule has 0 spiro atoms. The fourth-order valence-electron chi connectivity index (χ4n) is 4.36. The summed E-state index contributed by atoms with van der Waals surface area (Å²) in [6, 6.07) is 6.68. The number of nitrogens with zero attached hydrogens (tertiary/aromatic N) is 5. The van der Waals surface area contributed by atoms with Gasteiger partial charge in [-0.1, -0.05) is 0 Å². The van der Waals surface area contributed by atoms with Crippen LogP contribution >= 0.6 is 22.6 Å². The Bertz CT molecular complexity index is 1140. The van der Waals surface area contributed by atoms with Gasteiger partial charge in [0, 0.05) is 35.0 Å². The number of aliphatic hydroxyl groups is 1. The largest absolute Gasteiger partial charge is 0.391 e. The third-order valence-electron chi connectivity index (χ3n) is 5.91. The Morgan fingerprint density at radius 1 is 1.26 bits per heavy atom. The summed E-state index contributed by atoms with van der Waals surface area (Å²) in [6.45, 7) is 1.61. The van der Waals surface area contributed by atoms with Gasteiger partial charge in [-0.15, -0.1) is 0 Å². The molecular formula is C21H22FIN6O2. The first-order valence-corrected chi connectivity index (χ1v) is 11.4. The highest BCUT2D eigenvalue weighted by molar-refractivity contribution is 14.1. The minimum absolute atomic E-state index is 0.0864. The fourth-order valence-corrected chi connectivity index (χ4v) is 4.88. The van der Waals surface area contributed by atoms with E-state index in [0.717, 1.165) is 28.8 Å². The zero-order valence-corrected chi connectivity index (χ0v) is 18.9. The molecule has 2 atom stereocenters. The van der Waals surface area contributed by atoms with Crippen molar-refractivity contribution in [3.63, 3.8) is 0 Å². The number of rotatable bonds is 3. The third-order valence-corrected chi connectivity index (χ3v) is 6.58. The molecule has 0 radical (unpaired) electrons. The van der Waals surface area contributed by atoms with Crippen molar-refractivity contribution in [2.45, 2.75) is 31.4 Å². The number of aliphatic hydroxyl groups excluding tert-OH is 1. The summed E-state index contributed by atoms with van der Waals surface area (Å²) in [7, 11) is 0. The maximum Gasteiger partial charge on any atom is 0.322 e. The molecule has 2 aliphatic rings. The van der Waals surface area contributed by atoms with Gasteiger partial charge >= 0.3 is 6.03 Å². The Morgan fingerprint density at radius 3 is 2.94 bits per heavy atom. The van der Waals surface area contributed by atoms with Crippen LogP contribution in [0, 0.1) is 9.39 Å². The predicted molar refractivity (Wildman–Crippen MR) is 123 cm³/mol. The van der Waals surface area contributed by atoms with Gasteiger partial charge in [0.2, 0.25) is 0 Å². The van der Waals surface area contributed by atoms with Crippen LogP contribution < -0.4 is 10.2 Å². The molecule has 10 heteroatoms. The molecule has 31 heavy (non-hydrogen) atoms. The zero-order chi connectivity index (χ0) is 21.5. The Hall–Kier alpha value is -2.47. The molecule has 2 aliphatic heterocycles. The second-order valence-corrected chi connectivity index (χ2v) is 9.19. The number of nitrogens with one attached hydrogen (secondary N) is 1. The second kappa shape index (κ2) is 8.23. The molecule has 2 amide bonds. The highest BCUT2D eigenvalue weighted by Crippen LogP contribution is 2.37. The molecule has 2 saturated heterocycles. The number of hydrogen-bond acceptors (Lipinski definition) is 5. The van der Waals surface area contributed by atoms with Crippen LogP contribution in [-0.2, 0) is 0 Å². The van der Waals surface area contributed by atoms with Crippen molar-refractivity contribution in [3.8, 4) is 0 Å². The van der Waals surface area contributed by atoms with Gasteiger partial charge in [0.25, 0.3) is 0 Å². The van der Waals surface area contributed by atoms with Crippen molar-refractivity contribution in [2.75, 3.05) is 29.9 Å². The zero-order valence-electron chi connectivity index (χ0n) is 16.7. The number of hydrogen-bond donors (Lipinski definition) is 2. The Balaban J connectivity index is 1.43. The smallest absolute Gasteiger partial charge is 0.322 e. The summed E-state index contributed by atoms with van der Waals surface area (Å²) in [5.74, 6) is 0.518. The summed E-state index contributed by atoms with van der Waals surface area (Å²) in [5.41, 5.74) is 1.71. The number of aromatic nitrogens is 3. The third kappa shape index (κ3) is 3.93. The van der Waals surface area contributed by atoms with E-state index in [1.807, 2.05) is 12.1 Å². The lowest BCUT2D eigenvalue weighted by atomic mass is 10.0. The van der Waals surface area contributed by atoms with Crippen molar-refractivity contribution in [1.82, 2.24) is 19.5 Å². The number of benzene rings is 1. The normalized spacial score (nSPS) is 21.3. The summed E-state index contributed by atoms with van der Waals surface area (Å²) in [4.78, 5) is 21.0. The van der Waals surface area contributed by atoms with Gasteiger partial charge in [-0.2, -0.15) is 5.10 Å². The van der Waals surface area contributed by atoms with E-state index in [2.05, 4.69) is 37.9 Å². The molecule has 2 fully saturated rings. The first-order valence-electron chi connectivity index (χ1n) is 10.3. The lowest BCUT2D eigenvalue weighted by Crippen LogP contribution is -2.33. The van der Waals surface area contributed by atoms with Gasteiger partial charge in [-0.3, -0.25) is 0 Å². The van der Waals surface area contributed by atoms with Crippen LogP contribution in [0.4, 0.5) is 20.7 Å². The van der Waals surface area contributed by atoms with Gasteiger partial charge in [0.1, 0.15) is 17.3 Å². The predicted octanol–water partition coefficient (Wildman–Crippen LogP) is 3.41. The quantitative estimate of drug-likeness (QED) is 0.502. The van der Waals surface area contributed by atoms with Gasteiger partial charge in [-0.05, 0) is 66.1 Å². The number of fused-ring (bicyclic) bond motifs is 1. The summed E-state index contributed by atoms with van der Waals surface area (Å²) < 4.78 is 17.2. The van der Waals surface area contributed by atoms with Crippen LogP contribution in [0.15, 0.2) is 36.7 Å². The summed E-state index contributed by atoms with van der Waals surface area (Å²) >= 11 is 2.20. The minimum Gasteiger partial charge on any atom is -0.391 e. The molecule has 0 aliphatic carbocycles. The lowest BCUT2D eigenvalue weighted by Gasteiger charge is -2.26. The van der Waals surface area contributed by atoms with Gasteiger partial charge in [0.15, 0.2) is 5.65 Å². The highest BCUT2D eigenvalue weighted by atomic mass is 127. The molecule has 0 saturated carbocycles. The van der Waals surface area contributed by atoms with Crippen molar-refractivity contribution in [3.05, 3.63) is 51.6 Å². The summed E-state index contributed by atoms with van der Waals surface area (Å²) in [6.07, 6.45) is 5.26. The molecule has 3 aromatic rings. The van der Waals surface area contributed by atoms with E-state index in [1.54, 1.807) is 27.9 Å². The maximum atomic E-state index is 14.6. The molecule has 8 nitrogen and oxygen atoms in total. The number of halogens is 2. The molecular weight excluding hydrogens is 514 g/mol. The average molecular weight is 536 g/mol. The van der Waals surface area contributed by atoms with Crippen LogP contribution in [0.1, 0.15) is 30.9 Å². The molecule has 5 rings (SSSR count). The van der Waals surface area contributed by atoms with E-state index in [4.69, 9.17) is 4.98 Å². The summed E-state index contributed by atoms with van der Waals surface area (Å²) in [5, 5.41) is 16.8. The molecule has 2 N–H and O–H groups in total. The van der Waals surface area contributed by atoms with E-state index in [9.17, 15) is 14.3 Å². The van der Waals surface area contributed by atoms with Crippen molar-refractivity contribution in [2.24, 2.45) is 0 Å². The molecule has 162 valence electrons. The second-order valence-electron chi connectivity index (χ2n) is 7.95.